The van der Waals surface area contributed by atoms with Crippen molar-refractivity contribution in [3.05, 3.63) is 30.1 Å². The van der Waals surface area contributed by atoms with E-state index in [1.807, 2.05) is 12.4 Å². The molecule has 0 radical (unpaired) electrons. The van der Waals surface area contributed by atoms with Gasteiger partial charge in [-0.1, -0.05) is 19.3 Å². The van der Waals surface area contributed by atoms with Crippen molar-refractivity contribution < 1.29 is 0 Å². The van der Waals surface area contributed by atoms with Crippen LogP contribution in [0.25, 0.3) is 0 Å². The molecule has 1 saturated carbocycles. The maximum Gasteiger partial charge on any atom is 0.0497 e. The Morgan fingerprint density at radius 3 is 2.24 bits per heavy atom. The van der Waals surface area contributed by atoms with Crippen LogP contribution in [0.1, 0.15) is 63.5 Å². The summed E-state index contributed by atoms with van der Waals surface area (Å²) in [5.74, 6) is 0. The minimum absolute atomic E-state index is 0.160. The topological polar surface area (TPSA) is 42.1 Å². The molecule has 3 nitrogen and oxygen atoms in total. The molecule has 21 heavy (non-hydrogen) atoms. The molecule has 2 unspecified atom stereocenters. The molecule has 0 amide bonds. The number of likely N-dealkylation sites (tertiary alicyclic amines) is 1. The lowest BCUT2D eigenvalue weighted by molar-refractivity contribution is 0.0392. The highest BCUT2D eigenvalue weighted by atomic mass is 15.2. The number of nitrogens with two attached hydrogens (primary N) is 1. The summed E-state index contributed by atoms with van der Waals surface area (Å²) < 4.78 is 0. The van der Waals surface area contributed by atoms with Crippen LogP contribution in [0.3, 0.4) is 0 Å². The van der Waals surface area contributed by atoms with Crippen LogP contribution < -0.4 is 5.73 Å². The first-order chi connectivity index (χ1) is 10.2. The molecule has 3 rings (SSSR count). The number of aromatic nitrogens is 1. The number of pyridine rings is 1. The van der Waals surface area contributed by atoms with Gasteiger partial charge in [-0.15, -0.1) is 0 Å². The molecule has 0 bridgehead atoms. The van der Waals surface area contributed by atoms with Gasteiger partial charge in [-0.3, -0.25) is 9.88 Å². The average Bonchev–Trinajstić information content (AvgIpc) is 2.51. The van der Waals surface area contributed by atoms with Crippen molar-refractivity contribution in [2.45, 2.75) is 64.0 Å². The molecule has 0 aromatic carbocycles. The minimum Gasteiger partial charge on any atom is -0.326 e. The largest absolute Gasteiger partial charge is 0.326 e. The summed E-state index contributed by atoms with van der Waals surface area (Å²) in [5.41, 5.74) is 8.29. The van der Waals surface area contributed by atoms with E-state index in [1.165, 1.54) is 63.6 Å². The molecular weight excluding hydrogens is 258 g/mol. The third-order valence-corrected chi connectivity index (χ3v) is 5.71. The molecule has 1 aliphatic heterocycles. The van der Waals surface area contributed by atoms with Crippen LogP contribution in [0.15, 0.2) is 24.5 Å². The SMILES string of the molecule is CC(N)C(c1ccncc1)N1CCC2(CCCCC2)CC1. The second-order valence-corrected chi connectivity index (χ2v) is 7.18. The summed E-state index contributed by atoms with van der Waals surface area (Å²) >= 11 is 0. The average molecular weight is 287 g/mol. The van der Waals surface area contributed by atoms with Crippen LogP contribution in [-0.2, 0) is 0 Å². The zero-order valence-electron chi connectivity index (χ0n) is 13.3. The monoisotopic (exact) mass is 287 g/mol. The summed E-state index contributed by atoms with van der Waals surface area (Å²) in [4.78, 5) is 6.75. The highest BCUT2D eigenvalue weighted by molar-refractivity contribution is 5.17. The van der Waals surface area contributed by atoms with E-state index in [-0.39, 0.29) is 6.04 Å². The van der Waals surface area contributed by atoms with Crippen LogP contribution in [0, 0.1) is 5.41 Å². The zero-order valence-corrected chi connectivity index (χ0v) is 13.3. The molecule has 1 saturated heterocycles. The van der Waals surface area contributed by atoms with Gasteiger partial charge in [0.2, 0.25) is 0 Å². The van der Waals surface area contributed by atoms with Gasteiger partial charge in [0.05, 0.1) is 0 Å². The Labute approximate surface area is 128 Å². The summed E-state index contributed by atoms with van der Waals surface area (Å²) in [5, 5.41) is 0. The van der Waals surface area contributed by atoms with Crippen LogP contribution >= 0.6 is 0 Å². The maximum atomic E-state index is 6.31. The lowest BCUT2D eigenvalue weighted by Crippen LogP contribution is -2.47. The van der Waals surface area contributed by atoms with E-state index in [0.29, 0.717) is 11.5 Å². The highest BCUT2D eigenvalue weighted by Crippen LogP contribution is 2.45. The van der Waals surface area contributed by atoms with Gasteiger partial charge in [0.1, 0.15) is 0 Å². The Morgan fingerprint density at radius 2 is 1.67 bits per heavy atom. The Morgan fingerprint density at radius 1 is 1.05 bits per heavy atom. The van der Waals surface area contributed by atoms with Crippen molar-refractivity contribution in [3.63, 3.8) is 0 Å². The second-order valence-electron chi connectivity index (χ2n) is 7.18. The molecule has 2 N–H and O–H groups in total. The first-order valence-corrected chi connectivity index (χ1v) is 8.60. The molecule has 3 heteroatoms. The quantitative estimate of drug-likeness (QED) is 0.925. The number of piperidine rings is 1. The molecule has 2 atom stereocenters. The van der Waals surface area contributed by atoms with Crippen molar-refractivity contribution in [2.24, 2.45) is 11.1 Å². The fourth-order valence-electron chi connectivity index (χ4n) is 4.49. The van der Waals surface area contributed by atoms with Gasteiger partial charge in [0, 0.05) is 24.5 Å². The van der Waals surface area contributed by atoms with E-state index in [2.05, 4.69) is 28.9 Å². The fourth-order valence-corrected chi connectivity index (χ4v) is 4.49. The lowest BCUT2D eigenvalue weighted by atomic mass is 9.68. The Kier molecular flexibility index (Phi) is 4.60. The molecule has 116 valence electrons. The minimum atomic E-state index is 0.160. The van der Waals surface area contributed by atoms with Crippen LogP contribution in [-0.4, -0.2) is 29.0 Å². The van der Waals surface area contributed by atoms with E-state index in [4.69, 9.17) is 5.73 Å². The van der Waals surface area contributed by atoms with Crippen LogP contribution in [0.5, 0.6) is 0 Å². The predicted molar refractivity (Wildman–Crippen MR) is 87.0 cm³/mol. The normalized spacial score (nSPS) is 25.6. The van der Waals surface area contributed by atoms with Crippen molar-refractivity contribution in [2.75, 3.05) is 13.1 Å². The summed E-state index contributed by atoms with van der Waals surface area (Å²) in [6.45, 7) is 4.54. The summed E-state index contributed by atoms with van der Waals surface area (Å²) in [7, 11) is 0. The number of hydrogen-bond donors (Lipinski definition) is 1. The van der Waals surface area contributed by atoms with Gasteiger partial charge >= 0.3 is 0 Å². The lowest BCUT2D eigenvalue weighted by Gasteiger charge is -2.47. The van der Waals surface area contributed by atoms with Crippen LogP contribution in [0.4, 0.5) is 0 Å². The van der Waals surface area contributed by atoms with E-state index in [1.54, 1.807) is 0 Å². The predicted octanol–water partition coefficient (Wildman–Crippen LogP) is 3.52. The van der Waals surface area contributed by atoms with Crippen LogP contribution in [0.2, 0.25) is 0 Å². The Bertz CT molecular complexity index is 427. The third kappa shape index (κ3) is 3.29. The first kappa shape index (κ1) is 15.0. The zero-order chi connectivity index (χ0) is 14.7. The van der Waals surface area contributed by atoms with E-state index in [9.17, 15) is 0 Å². The van der Waals surface area contributed by atoms with Crippen molar-refractivity contribution >= 4 is 0 Å². The molecule has 1 aromatic rings. The maximum absolute atomic E-state index is 6.31. The molecule has 1 spiro atoms. The Hall–Kier alpha value is -0.930. The smallest absolute Gasteiger partial charge is 0.0497 e. The third-order valence-electron chi connectivity index (χ3n) is 5.71. The van der Waals surface area contributed by atoms with Gasteiger partial charge in [-0.05, 0) is 68.8 Å². The molecule has 1 aromatic heterocycles. The van der Waals surface area contributed by atoms with Gasteiger partial charge in [-0.25, -0.2) is 0 Å². The summed E-state index contributed by atoms with van der Waals surface area (Å²) in [6, 6.07) is 4.75. The molecular formula is C18H29N3. The number of rotatable bonds is 3. The van der Waals surface area contributed by atoms with E-state index >= 15 is 0 Å². The van der Waals surface area contributed by atoms with Gasteiger partial charge < -0.3 is 5.73 Å². The fraction of sp³-hybridized carbons (Fsp3) is 0.722. The van der Waals surface area contributed by atoms with Gasteiger partial charge in [-0.2, -0.15) is 0 Å². The highest BCUT2D eigenvalue weighted by Gasteiger charge is 2.37. The van der Waals surface area contributed by atoms with E-state index in [0.717, 1.165) is 0 Å². The number of nitrogens with zero attached hydrogens (tertiary/aromatic N) is 2. The standard InChI is InChI=1S/C18H29N3/c1-15(19)17(16-5-11-20-12-6-16)21-13-9-18(10-14-21)7-3-2-4-8-18/h5-6,11-12,15,17H,2-4,7-10,13-14,19H2,1H3. The molecule has 1 aliphatic carbocycles. The molecule has 2 aliphatic rings. The van der Waals surface area contributed by atoms with Crippen molar-refractivity contribution in [3.8, 4) is 0 Å². The number of hydrogen-bond acceptors (Lipinski definition) is 3. The second kappa shape index (κ2) is 6.45. The molecule has 2 heterocycles. The Balaban J connectivity index is 1.69. The molecule has 2 fully saturated rings. The summed E-state index contributed by atoms with van der Waals surface area (Å²) in [6.07, 6.45) is 13.8. The van der Waals surface area contributed by atoms with E-state index < -0.39 is 0 Å². The first-order valence-electron chi connectivity index (χ1n) is 8.60. The van der Waals surface area contributed by atoms with Crippen molar-refractivity contribution in [1.29, 1.82) is 0 Å². The van der Waals surface area contributed by atoms with Gasteiger partial charge in [0.25, 0.3) is 0 Å². The van der Waals surface area contributed by atoms with Crippen molar-refractivity contribution in [1.82, 2.24) is 9.88 Å². The van der Waals surface area contributed by atoms with Gasteiger partial charge in [0.15, 0.2) is 0 Å².